The summed E-state index contributed by atoms with van der Waals surface area (Å²) >= 11 is 0. The van der Waals surface area contributed by atoms with Crippen molar-refractivity contribution < 1.29 is 0 Å². The van der Waals surface area contributed by atoms with Crippen molar-refractivity contribution in [3.63, 3.8) is 0 Å². The minimum atomic E-state index is 0.477. The SMILES string of the molecule is CCCCCC(CCC)CNCCC(C)CC(C)(C)C. The Labute approximate surface area is 129 Å². The molecule has 20 heavy (non-hydrogen) atoms. The van der Waals surface area contributed by atoms with Crippen molar-refractivity contribution in [1.82, 2.24) is 5.32 Å². The second-order valence-corrected chi connectivity index (χ2v) is 8.01. The number of hydrogen-bond acceptors (Lipinski definition) is 1. The number of hydrogen-bond donors (Lipinski definition) is 1. The van der Waals surface area contributed by atoms with Crippen molar-refractivity contribution in [3.8, 4) is 0 Å². The molecule has 0 bridgehead atoms. The zero-order valence-electron chi connectivity index (χ0n) is 15.2. The van der Waals surface area contributed by atoms with Gasteiger partial charge in [0.25, 0.3) is 0 Å². The van der Waals surface area contributed by atoms with Gasteiger partial charge in [0.05, 0.1) is 0 Å². The van der Waals surface area contributed by atoms with Crippen LogP contribution in [0.5, 0.6) is 0 Å². The van der Waals surface area contributed by atoms with Crippen LogP contribution in [0.15, 0.2) is 0 Å². The molecule has 0 aliphatic rings. The number of nitrogens with one attached hydrogen (secondary N) is 1. The lowest BCUT2D eigenvalue weighted by Crippen LogP contribution is -2.25. The Hall–Kier alpha value is -0.0400. The third-order valence-electron chi connectivity index (χ3n) is 4.12. The first-order valence-corrected chi connectivity index (χ1v) is 9.09. The van der Waals surface area contributed by atoms with Crippen LogP contribution in [0.25, 0.3) is 0 Å². The van der Waals surface area contributed by atoms with Crippen molar-refractivity contribution in [2.45, 2.75) is 92.9 Å². The third kappa shape index (κ3) is 13.0. The Balaban J connectivity index is 3.71. The van der Waals surface area contributed by atoms with E-state index in [0.29, 0.717) is 5.41 Å². The molecule has 2 unspecified atom stereocenters. The standard InChI is InChI=1S/C19H41N/c1-7-9-10-12-18(11-8-2)16-20-14-13-17(3)15-19(4,5)6/h17-18,20H,7-16H2,1-6H3. The van der Waals surface area contributed by atoms with E-state index in [9.17, 15) is 0 Å². The first-order chi connectivity index (χ1) is 9.39. The van der Waals surface area contributed by atoms with Gasteiger partial charge in [-0.1, -0.05) is 67.2 Å². The summed E-state index contributed by atoms with van der Waals surface area (Å²) in [5.74, 6) is 1.75. The molecular weight excluding hydrogens is 242 g/mol. The molecule has 2 atom stereocenters. The smallest absolute Gasteiger partial charge is 0.00205 e. The van der Waals surface area contributed by atoms with Gasteiger partial charge in [-0.3, -0.25) is 0 Å². The lowest BCUT2D eigenvalue weighted by molar-refractivity contribution is 0.291. The van der Waals surface area contributed by atoms with E-state index < -0.39 is 0 Å². The van der Waals surface area contributed by atoms with Crippen molar-refractivity contribution in [2.75, 3.05) is 13.1 Å². The monoisotopic (exact) mass is 283 g/mol. The van der Waals surface area contributed by atoms with Crippen molar-refractivity contribution in [1.29, 1.82) is 0 Å². The molecular formula is C19H41N. The molecule has 0 rings (SSSR count). The molecule has 0 amide bonds. The van der Waals surface area contributed by atoms with Crippen LogP contribution in [0, 0.1) is 17.3 Å². The molecule has 122 valence electrons. The summed E-state index contributed by atoms with van der Waals surface area (Å²) in [6.07, 6.45) is 11.0. The fourth-order valence-electron chi connectivity index (χ4n) is 3.24. The van der Waals surface area contributed by atoms with Gasteiger partial charge < -0.3 is 5.32 Å². The van der Waals surface area contributed by atoms with E-state index in [1.54, 1.807) is 0 Å². The highest BCUT2D eigenvalue weighted by Crippen LogP contribution is 2.25. The van der Waals surface area contributed by atoms with Gasteiger partial charge in [0, 0.05) is 0 Å². The van der Waals surface area contributed by atoms with E-state index in [2.05, 4.69) is 46.9 Å². The highest BCUT2D eigenvalue weighted by Gasteiger charge is 2.15. The van der Waals surface area contributed by atoms with Gasteiger partial charge in [-0.15, -0.1) is 0 Å². The van der Waals surface area contributed by atoms with Crippen LogP contribution in [0.2, 0.25) is 0 Å². The Morgan fingerprint density at radius 2 is 1.60 bits per heavy atom. The van der Waals surface area contributed by atoms with E-state index >= 15 is 0 Å². The predicted molar refractivity (Wildman–Crippen MR) is 93.3 cm³/mol. The van der Waals surface area contributed by atoms with Crippen LogP contribution in [0.1, 0.15) is 92.9 Å². The lowest BCUT2D eigenvalue weighted by atomic mass is 9.84. The average Bonchev–Trinajstić information content (AvgIpc) is 2.32. The van der Waals surface area contributed by atoms with E-state index in [1.807, 2.05) is 0 Å². The molecule has 0 spiro atoms. The maximum atomic E-state index is 3.71. The maximum Gasteiger partial charge on any atom is -0.00205 e. The van der Waals surface area contributed by atoms with Crippen LogP contribution in [-0.2, 0) is 0 Å². The summed E-state index contributed by atoms with van der Waals surface area (Å²) in [6, 6.07) is 0. The van der Waals surface area contributed by atoms with E-state index in [0.717, 1.165) is 11.8 Å². The van der Waals surface area contributed by atoms with E-state index in [1.165, 1.54) is 64.5 Å². The van der Waals surface area contributed by atoms with Crippen molar-refractivity contribution in [3.05, 3.63) is 0 Å². The normalized spacial score (nSPS) is 15.3. The fraction of sp³-hybridized carbons (Fsp3) is 1.00. The second kappa shape index (κ2) is 11.6. The minimum Gasteiger partial charge on any atom is -0.316 e. The predicted octanol–water partition coefficient (Wildman–Crippen LogP) is 6.04. The number of unbranched alkanes of at least 4 members (excludes halogenated alkanes) is 2. The quantitative estimate of drug-likeness (QED) is 0.431. The van der Waals surface area contributed by atoms with Gasteiger partial charge >= 0.3 is 0 Å². The van der Waals surface area contributed by atoms with Crippen LogP contribution < -0.4 is 5.32 Å². The Morgan fingerprint density at radius 1 is 0.900 bits per heavy atom. The molecule has 0 aliphatic carbocycles. The molecule has 0 radical (unpaired) electrons. The topological polar surface area (TPSA) is 12.0 Å². The summed E-state index contributed by atoms with van der Waals surface area (Å²) in [7, 11) is 0. The molecule has 1 nitrogen and oxygen atoms in total. The summed E-state index contributed by atoms with van der Waals surface area (Å²) < 4.78 is 0. The summed E-state index contributed by atoms with van der Waals surface area (Å²) in [5, 5.41) is 3.71. The molecule has 0 heterocycles. The molecule has 0 aromatic heterocycles. The fourth-order valence-corrected chi connectivity index (χ4v) is 3.24. The van der Waals surface area contributed by atoms with Gasteiger partial charge in [-0.25, -0.2) is 0 Å². The average molecular weight is 284 g/mol. The first kappa shape index (κ1) is 20.0. The van der Waals surface area contributed by atoms with Crippen molar-refractivity contribution >= 4 is 0 Å². The minimum absolute atomic E-state index is 0.477. The van der Waals surface area contributed by atoms with Crippen LogP contribution >= 0.6 is 0 Å². The van der Waals surface area contributed by atoms with Crippen LogP contribution in [-0.4, -0.2) is 13.1 Å². The molecule has 0 saturated heterocycles. The van der Waals surface area contributed by atoms with Gasteiger partial charge in [-0.05, 0) is 56.0 Å². The van der Waals surface area contributed by atoms with Crippen LogP contribution in [0.4, 0.5) is 0 Å². The Kier molecular flexibility index (Phi) is 11.6. The Bertz CT molecular complexity index is 204. The number of rotatable bonds is 12. The molecule has 1 N–H and O–H groups in total. The zero-order valence-corrected chi connectivity index (χ0v) is 15.2. The summed E-state index contributed by atoms with van der Waals surface area (Å²) in [4.78, 5) is 0. The third-order valence-corrected chi connectivity index (χ3v) is 4.12. The molecule has 0 aromatic carbocycles. The molecule has 0 saturated carbocycles. The maximum absolute atomic E-state index is 3.71. The van der Waals surface area contributed by atoms with Crippen LogP contribution in [0.3, 0.4) is 0 Å². The van der Waals surface area contributed by atoms with Gasteiger partial charge in [0.1, 0.15) is 0 Å². The van der Waals surface area contributed by atoms with E-state index in [4.69, 9.17) is 0 Å². The van der Waals surface area contributed by atoms with Gasteiger partial charge in [0.15, 0.2) is 0 Å². The lowest BCUT2D eigenvalue weighted by Gasteiger charge is -2.23. The molecule has 1 heteroatoms. The van der Waals surface area contributed by atoms with Crippen molar-refractivity contribution in [2.24, 2.45) is 17.3 Å². The Morgan fingerprint density at radius 3 is 2.15 bits per heavy atom. The van der Waals surface area contributed by atoms with Gasteiger partial charge in [-0.2, -0.15) is 0 Å². The molecule has 0 aromatic rings. The highest BCUT2D eigenvalue weighted by molar-refractivity contribution is 4.68. The van der Waals surface area contributed by atoms with Gasteiger partial charge in [0.2, 0.25) is 0 Å². The largest absolute Gasteiger partial charge is 0.316 e. The second-order valence-electron chi connectivity index (χ2n) is 8.01. The summed E-state index contributed by atoms with van der Waals surface area (Å²) in [6.45, 7) is 16.5. The first-order valence-electron chi connectivity index (χ1n) is 9.09. The summed E-state index contributed by atoms with van der Waals surface area (Å²) in [5.41, 5.74) is 0.477. The molecule has 0 aliphatic heterocycles. The zero-order chi connectivity index (χ0) is 15.4. The van der Waals surface area contributed by atoms with E-state index in [-0.39, 0.29) is 0 Å². The highest BCUT2D eigenvalue weighted by atomic mass is 14.9. The molecule has 0 fully saturated rings.